The summed E-state index contributed by atoms with van der Waals surface area (Å²) >= 11 is 0. The summed E-state index contributed by atoms with van der Waals surface area (Å²) in [6.07, 6.45) is -2.28. The van der Waals surface area contributed by atoms with E-state index in [-0.39, 0.29) is 5.56 Å². The van der Waals surface area contributed by atoms with Gasteiger partial charge in [-0.1, -0.05) is 0 Å². The maximum atomic E-state index is 13.5. The molecule has 1 aliphatic heterocycles. The number of halogens is 3. The minimum atomic E-state index is -1.70. The fourth-order valence-corrected chi connectivity index (χ4v) is 2.11. The molecule has 0 radical (unpaired) electrons. The summed E-state index contributed by atoms with van der Waals surface area (Å²) in [4.78, 5) is 23.5. The van der Waals surface area contributed by atoms with Crippen LogP contribution in [0.5, 0.6) is 0 Å². The largest absolute Gasteiger partial charge is 0.422 e. The Bertz CT molecular complexity index is 609. The SMILES string of the molecule is CC1(C)OC(=O)C(C(O)Cc2cc(F)c(F)cc2F)C(=O)O1. The Morgan fingerprint density at radius 3 is 2.14 bits per heavy atom. The van der Waals surface area contributed by atoms with Gasteiger partial charge in [0.25, 0.3) is 5.79 Å². The molecule has 0 aliphatic carbocycles. The molecule has 1 N–H and O–H groups in total. The number of benzene rings is 1. The molecule has 0 aromatic heterocycles. The van der Waals surface area contributed by atoms with Crippen LogP contribution in [0.1, 0.15) is 19.4 Å². The number of hydrogen-bond acceptors (Lipinski definition) is 5. The molecule has 0 bridgehead atoms. The highest BCUT2D eigenvalue weighted by Gasteiger charge is 2.47. The molecule has 1 fully saturated rings. The molecule has 1 atom stereocenters. The number of aliphatic hydroxyl groups excluding tert-OH is 1. The van der Waals surface area contributed by atoms with Crippen LogP contribution in [0.2, 0.25) is 0 Å². The van der Waals surface area contributed by atoms with E-state index in [1.807, 2.05) is 0 Å². The predicted octanol–water partition coefficient (Wildman–Crippen LogP) is 1.46. The van der Waals surface area contributed by atoms with Crippen LogP contribution in [-0.2, 0) is 25.5 Å². The lowest BCUT2D eigenvalue weighted by Gasteiger charge is -2.34. The normalized spacial score (nSPS) is 19.5. The van der Waals surface area contributed by atoms with E-state index < -0.39 is 53.6 Å². The van der Waals surface area contributed by atoms with Gasteiger partial charge in [0, 0.05) is 26.3 Å². The molecular formula is C14H13F3O5. The number of aliphatic hydroxyl groups is 1. The van der Waals surface area contributed by atoms with E-state index in [9.17, 15) is 27.9 Å². The van der Waals surface area contributed by atoms with Gasteiger partial charge < -0.3 is 14.6 Å². The fourth-order valence-electron chi connectivity index (χ4n) is 2.11. The molecule has 5 nitrogen and oxygen atoms in total. The third kappa shape index (κ3) is 3.22. The molecule has 0 spiro atoms. The van der Waals surface area contributed by atoms with Crippen LogP contribution in [0.15, 0.2) is 12.1 Å². The van der Waals surface area contributed by atoms with E-state index in [0.29, 0.717) is 12.1 Å². The highest BCUT2D eigenvalue weighted by Crippen LogP contribution is 2.27. The van der Waals surface area contributed by atoms with Crippen LogP contribution in [-0.4, -0.2) is 28.9 Å². The second kappa shape index (κ2) is 5.60. The van der Waals surface area contributed by atoms with E-state index in [4.69, 9.17) is 9.47 Å². The average Bonchev–Trinajstić information content (AvgIpc) is 2.33. The Hall–Kier alpha value is -2.09. The third-order valence-electron chi connectivity index (χ3n) is 3.10. The standard InChI is InChI=1S/C14H13F3O5/c1-14(2)21-12(19)11(13(20)22-14)10(18)4-6-3-8(16)9(17)5-7(6)15/h3,5,10-11,18H,4H2,1-2H3. The van der Waals surface area contributed by atoms with Crippen LogP contribution in [0, 0.1) is 23.4 Å². The summed E-state index contributed by atoms with van der Waals surface area (Å²) in [5, 5.41) is 9.94. The predicted molar refractivity (Wildman–Crippen MR) is 65.8 cm³/mol. The summed E-state index contributed by atoms with van der Waals surface area (Å²) in [7, 11) is 0. The molecule has 1 aromatic carbocycles. The first-order chi connectivity index (χ1) is 10.1. The molecule has 1 aromatic rings. The van der Waals surface area contributed by atoms with Gasteiger partial charge in [0.2, 0.25) is 0 Å². The highest BCUT2D eigenvalue weighted by molar-refractivity contribution is 5.97. The fraction of sp³-hybridized carbons (Fsp3) is 0.429. The van der Waals surface area contributed by atoms with Gasteiger partial charge >= 0.3 is 11.9 Å². The number of hydrogen-bond donors (Lipinski definition) is 1. The average molecular weight is 318 g/mol. The summed E-state index contributed by atoms with van der Waals surface area (Å²) < 4.78 is 49.1. The summed E-state index contributed by atoms with van der Waals surface area (Å²) in [6, 6.07) is 0.870. The smallest absolute Gasteiger partial charge is 0.326 e. The Labute approximate surface area is 123 Å². The van der Waals surface area contributed by atoms with Crippen molar-refractivity contribution in [3.63, 3.8) is 0 Å². The lowest BCUT2D eigenvalue weighted by Crippen LogP contribution is -2.50. The zero-order chi connectivity index (χ0) is 16.7. The molecule has 22 heavy (non-hydrogen) atoms. The van der Waals surface area contributed by atoms with E-state index in [0.717, 1.165) is 0 Å². The summed E-state index contributed by atoms with van der Waals surface area (Å²) in [5.74, 6) is -8.99. The number of carbonyl (C=O) groups is 2. The first-order valence-electron chi connectivity index (χ1n) is 6.38. The van der Waals surface area contributed by atoms with Gasteiger partial charge in [-0.3, -0.25) is 9.59 Å². The molecule has 0 saturated carbocycles. The van der Waals surface area contributed by atoms with Crippen molar-refractivity contribution in [1.29, 1.82) is 0 Å². The Morgan fingerprint density at radius 2 is 1.59 bits per heavy atom. The zero-order valence-electron chi connectivity index (χ0n) is 11.7. The third-order valence-corrected chi connectivity index (χ3v) is 3.10. The number of rotatable bonds is 3. The summed E-state index contributed by atoms with van der Waals surface area (Å²) in [5.41, 5.74) is -0.378. The van der Waals surface area contributed by atoms with Gasteiger partial charge in [-0.2, -0.15) is 0 Å². The second-order valence-corrected chi connectivity index (χ2v) is 5.35. The Balaban J connectivity index is 2.19. The minimum absolute atomic E-state index is 0.317. The number of ether oxygens (including phenoxy) is 2. The van der Waals surface area contributed by atoms with Gasteiger partial charge in [-0.05, 0) is 11.6 Å². The van der Waals surface area contributed by atoms with E-state index in [2.05, 4.69) is 0 Å². The van der Waals surface area contributed by atoms with E-state index in [1.165, 1.54) is 13.8 Å². The molecule has 120 valence electrons. The minimum Gasteiger partial charge on any atom is -0.422 e. The van der Waals surface area contributed by atoms with Crippen molar-refractivity contribution in [3.8, 4) is 0 Å². The van der Waals surface area contributed by atoms with Crippen LogP contribution in [0.25, 0.3) is 0 Å². The lowest BCUT2D eigenvalue weighted by atomic mass is 9.95. The quantitative estimate of drug-likeness (QED) is 0.519. The monoisotopic (exact) mass is 318 g/mol. The Kier molecular flexibility index (Phi) is 4.15. The highest BCUT2D eigenvalue weighted by atomic mass is 19.2. The van der Waals surface area contributed by atoms with Crippen molar-refractivity contribution in [2.45, 2.75) is 32.2 Å². The first-order valence-corrected chi connectivity index (χ1v) is 6.38. The van der Waals surface area contributed by atoms with Gasteiger partial charge in [0.1, 0.15) is 5.82 Å². The number of esters is 2. The van der Waals surface area contributed by atoms with Crippen molar-refractivity contribution in [2.24, 2.45) is 5.92 Å². The lowest BCUT2D eigenvalue weighted by molar-refractivity contribution is -0.244. The van der Waals surface area contributed by atoms with Gasteiger partial charge in [0.15, 0.2) is 17.6 Å². The van der Waals surface area contributed by atoms with Crippen LogP contribution >= 0.6 is 0 Å². The molecular weight excluding hydrogens is 305 g/mol. The van der Waals surface area contributed by atoms with Crippen molar-refractivity contribution in [2.75, 3.05) is 0 Å². The second-order valence-electron chi connectivity index (χ2n) is 5.35. The van der Waals surface area contributed by atoms with E-state index in [1.54, 1.807) is 0 Å². The topological polar surface area (TPSA) is 72.8 Å². The van der Waals surface area contributed by atoms with Crippen LogP contribution in [0.4, 0.5) is 13.2 Å². The summed E-state index contributed by atoms with van der Waals surface area (Å²) in [6.45, 7) is 2.67. The Morgan fingerprint density at radius 1 is 1.09 bits per heavy atom. The molecule has 1 unspecified atom stereocenters. The van der Waals surface area contributed by atoms with Crippen LogP contribution in [0.3, 0.4) is 0 Å². The molecule has 8 heteroatoms. The maximum Gasteiger partial charge on any atom is 0.326 e. The van der Waals surface area contributed by atoms with Gasteiger partial charge in [0.05, 0.1) is 6.10 Å². The molecule has 1 aliphatic rings. The number of carbonyl (C=O) groups excluding carboxylic acids is 2. The first kappa shape index (κ1) is 16.3. The van der Waals surface area contributed by atoms with Crippen molar-refractivity contribution in [3.05, 3.63) is 35.1 Å². The van der Waals surface area contributed by atoms with Gasteiger partial charge in [-0.25, -0.2) is 13.2 Å². The zero-order valence-corrected chi connectivity index (χ0v) is 11.7. The van der Waals surface area contributed by atoms with E-state index >= 15 is 0 Å². The van der Waals surface area contributed by atoms with Crippen LogP contribution < -0.4 is 0 Å². The number of cyclic esters (lactones) is 2. The molecule has 1 saturated heterocycles. The molecule has 0 amide bonds. The maximum absolute atomic E-state index is 13.5. The molecule has 2 rings (SSSR count). The molecule has 1 heterocycles. The van der Waals surface area contributed by atoms with Gasteiger partial charge in [-0.15, -0.1) is 0 Å². The van der Waals surface area contributed by atoms with Crippen molar-refractivity contribution in [1.82, 2.24) is 0 Å². The van der Waals surface area contributed by atoms with Crippen molar-refractivity contribution < 1.29 is 37.3 Å². The van der Waals surface area contributed by atoms with Crippen molar-refractivity contribution >= 4 is 11.9 Å².